The number of carbonyl (C=O) groups is 3. The molecule has 1 aliphatic rings. The lowest BCUT2D eigenvalue weighted by atomic mass is 9.96. The molecule has 0 aromatic heterocycles. The number of rotatable bonds is 6. The van der Waals surface area contributed by atoms with E-state index in [1.54, 1.807) is 6.92 Å². The maximum Gasteiger partial charge on any atom is 0.325 e. The summed E-state index contributed by atoms with van der Waals surface area (Å²) in [5.74, 6) is -0.719. The summed E-state index contributed by atoms with van der Waals surface area (Å²) < 4.78 is 4.80. The Hall–Kier alpha value is -1.43. The van der Waals surface area contributed by atoms with Crippen molar-refractivity contribution in [3.05, 3.63) is 0 Å². The Balaban J connectivity index is 2.70. The van der Waals surface area contributed by atoms with Gasteiger partial charge in [0.1, 0.15) is 5.54 Å². The van der Waals surface area contributed by atoms with Crippen LogP contribution in [0, 0.1) is 0 Å². The second-order valence-corrected chi connectivity index (χ2v) is 5.31. The molecule has 2 amide bonds. The topological polar surface area (TPSA) is 75.7 Å². The molecule has 0 aliphatic carbocycles. The van der Waals surface area contributed by atoms with Crippen LogP contribution in [-0.4, -0.2) is 47.9 Å². The molecule has 1 N–H and O–H groups in total. The van der Waals surface area contributed by atoms with Gasteiger partial charge in [-0.15, -0.1) is 0 Å². The van der Waals surface area contributed by atoms with Gasteiger partial charge in [-0.1, -0.05) is 0 Å². The lowest BCUT2D eigenvalue weighted by Crippen LogP contribution is -2.54. The van der Waals surface area contributed by atoms with E-state index < -0.39 is 5.54 Å². The average Bonchev–Trinajstić information content (AvgIpc) is 2.64. The molecule has 1 fully saturated rings. The van der Waals surface area contributed by atoms with E-state index in [4.69, 9.17) is 4.74 Å². The van der Waals surface area contributed by atoms with Crippen LogP contribution in [0.25, 0.3) is 0 Å². The lowest BCUT2D eigenvalue weighted by Gasteiger charge is -2.31. The van der Waals surface area contributed by atoms with Crippen LogP contribution in [0.4, 0.5) is 0 Å². The van der Waals surface area contributed by atoms with Crippen molar-refractivity contribution in [3.63, 3.8) is 0 Å². The summed E-state index contributed by atoms with van der Waals surface area (Å²) in [6.07, 6.45) is 0.881. The average molecular weight is 270 g/mol. The van der Waals surface area contributed by atoms with Gasteiger partial charge in [0, 0.05) is 25.4 Å². The number of imide groups is 1. The SMILES string of the molecule is COC(=O)C(C)(CCN1C(=O)CCC1=O)NC(C)C. The number of nitrogens with one attached hydrogen (secondary N) is 1. The van der Waals surface area contributed by atoms with E-state index in [-0.39, 0.29) is 43.2 Å². The molecule has 0 radical (unpaired) electrons. The van der Waals surface area contributed by atoms with E-state index in [2.05, 4.69) is 5.32 Å². The Morgan fingerprint density at radius 3 is 2.32 bits per heavy atom. The van der Waals surface area contributed by atoms with E-state index in [0.29, 0.717) is 6.42 Å². The van der Waals surface area contributed by atoms with E-state index in [1.165, 1.54) is 12.0 Å². The number of hydrogen-bond donors (Lipinski definition) is 1. The number of amides is 2. The molecule has 1 rings (SSSR count). The molecular formula is C13H22N2O4. The zero-order valence-electron chi connectivity index (χ0n) is 12.0. The van der Waals surface area contributed by atoms with Crippen LogP contribution in [0.1, 0.15) is 40.0 Å². The van der Waals surface area contributed by atoms with Crippen LogP contribution in [0.3, 0.4) is 0 Å². The van der Waals surface area contributed by atoms with Gasteiger partial charge in [0.15, 0.2) is 0 Å². The first kappa shape index (κ1) is 15.6. The molecular weight excluding hydrogens is 248 g/mol. The minimum Gasteiger partial charge on any atom is -0.468 e. The highest BCUT2D eigenvalue weighted by atomic mass is 16.5. The molecule has 1 aliphatic heterocycles. The standard InChI is InChI=1S/C13H22N2O4/c1-9(2)14-13(3,12(18)19-4)7-8-15-10(16)5-6-11(15)17/h9,14H,5-8H2,1-4H3. The second-order valence-electron chi connectivity index (χ2n) is 5.31. The zero-order chi connectivity index (χ0) is 14.6. The number of carbonyl (C=O) groups excluding carboxylic acids is 3. The highest BCUT2D eigenvalue weighted by molar-refractivity contribution is 6.01. The third-order valence-electron chi connectivity index (χ3n) is 3.23. The van der Waals surface area contributed by atoms with Gasteiger partial charge in [-0.05, 0) is 27.2 Å². The van der Waals surface area contributed by atoms with Gasteiger partial charge < -0.3 is 4.74 Å². The molecule has 6 heteroatoms. The predicted molar refractivity (Wildman–Crippen MR) is 69.3 cm³/mol. The van der Waals surface area contributed by atoms with Crippen LogP contribution < -0.4 is 5.32 Å². The van der Waals surface area contributed by atoms with E-state index in [0.717, 1.165) is 0 Å². The number of nitrogens with zero attached hydrogens (tertiary/aromatic N) is 1. The summed E-state index contributed by atoms with van der Waals surface area (Å²) in [5.41, 5.74) is -0.897. The minimum absolute atomic E-state index is 0.0917. The van der Waals surface area contributed by atoms with Crippen molar-refractivity contribution in [1.29, 1.82) is 0 Å². The molecule has 19 heavy (non-hydrogen) atoms. The summed E-state index contributed by atoms with van der Waals surface area (Å²) in [6.45, 7) is 5.81. The lowest BCUT2D eigenvalue weighted by molar-refractivity contribution is -0.150. The molecule has 0 aromatic carbocycles. The Labute approximate surface area is 113 Å². The quantitative estimate of drug-likeness (QED) is 0.560. The fraction of sp³-hybridized carbons (Fsp3) is 0.769. The summed E-state index contributed by atoms with van der Waals surface area (Å²) in [7, 11) is 1.33. The summed E-state index contributed by atoms with van der Waals surface area (Å²) in [5, 5.41) is 3.14. The molecule has 6 nitrogen and oxygen atoms in total. The maximum atomic E-state index is 11.9. The van der Waals surface area contributed by atoms with Gasteiger partial charge in [0.25, 0.3) is 0 Å². The molecule has 0 bridgehead atoms. The van der Waals surface area contributed by atoms with E-state index in [9.17, 15) is 14.4 Å². The van der Waals surface area contributed by atoms with Gasteiger partial charge >= 0.3 is 5.97 Å². The predicted octanol–water partition coefficient (Wildman–Crippen LogP) is 0.455. The molecule has 0 spiro atoms. The van der Waals surface area contributed by atoms with Crippen LogP contribution in [0.15, 0.2) is 0 Å². The van der Waals surface area contributed by atoms with Crippen LogP contribution in [0.2, 0.25) is 0 Å². The summed E-state index contributed by atoms with van der Waals surface area (Å²) in [6, 6.07) is 0.0917. The second kappa shape index (κ2) is 6.14. The molecule has 1 atom stereocenters. The van der Waals surface area contributed by atoms with Gasteiger partial charge in [0.2, 0.25) is 11.8 Å². The van der Waals surface area contributed by atoms with Crippen molar-refractivity contribution in [2.24, 2.45) is 0 Å². The molecule has 0 aromatic rings. The molecule has 1 heterocycles. The fourth-order valence-electron chi connectivity index (χ4n) is 2.30. The van der Waals surface area contributed by atoms with Gasteiger partial charge in [-0.3, -0.25) is 24.6 Å². The maximum absolute atomic E-state index is 11.9. The fourth-order valence-corrected chi connectivity index (χ4v) is 2.30. The Morgan fingerprint density at radius 2 is 1.89 bits per heavy atom. The Morgan fingerprint density at radius 1 is 1.37 bits per heavy atom. The first-order chi connectivity index (χ1) is 8.80. The summed E-state index contributed by atoms with van der Waals surface area (Å²) >= 11 is 0. The third-order valence-corrected chi connectivity index (χ3v) is 3.23. The smallest absolute Gasteiger partial charge is 0.325 e. The highest BCUT2D eigenvalue weighted by Gasteiger charge is 2.37. The number of likely N-dealkylation sites (tertiary alicyclic amines) is 1. The third kappa shape index (κ3) is 3.76. The Kier molecular flexibility index (Phi) is 5.05. The van der Waals surface area contributed by atoms with E-state index in [1.807, 2.05) is 13.8 Å². The van der Waals surface area contributed by atoms with Crippen molar-refractivity contribution in [3.8, 4) is 0 Å². The van der Waals surface area contributed by atoms with Crippen molar-refractivity contribution in [2.75, 3.05) is 13.7 Å². The van der Waals surface area contributed by atoms with Crippen LogP contribution in [0.5, 0.6) is 0 Å². The minimum atomic E-state index is -0.897. The largest absolute Gasteiger partial charge is 0.468 e. The molecule has 0 saturated carbocycles. The first-order valence-electron chi connectivity index (χ1n) is 6.49. The van der Waals surface area contributed by atoms with Gasteiger partial charge in [-0.2, -0.15) is 0 Å². The molecule has 1 unspecified atom stereocenters. The zero-order valence-corrected chi connectivity index (χ0v) is 12.0. The monoisotopic (exact) mass is 270 g/mol. The molecule has 1 saturated heterocycles. The van der Waals surface area contributed by atoms with Crippen molar-refractivity contribution < 1.29 is 19.1 Å². The van der Waals surface area contributed by atoms with Crippen molar-refractivity contribution in [2.45, 2.75) is 51.6 Å². The normalized spacial score (nSPS) is 18.9. The highest BCUT2D eigenvalue weighted by Crippen LogP contribution is 2.18. The van der Waals surface area contributed by atoms with Gasteiger partial charge in [-0.25, -0.2) is 0 Å². The number of hydrogen-bond acceptors (Lipinski definition) is 5. The molecule has 108 valence electrons. The Bertz CT molecular complexity index is 365. The number of esters is 1. The number of methoxy groups -OCH3 is 1. The van der Waals surface area contributed by atoms with Crippen molar-refractivity contribution in [1.82, 2.24) is 10.2 Å². The first-order valence-corrected chi connectivity index (χ1v) is 6.49. The number of ether oxygens (including phenoxy) is 1. The van der Waals surface area contributed by atoms with E-state index >= 15 is 0 Å². The van der Waals surface area contributed by atoms with Crippen LogP contribution >= 0.6 is 0 Å². The van der Waals surface area contributed by atoms with Gasteiger partial charge in [0.05, 0.1) is 7.11 Å². The summed E-state index contributed by atoms with van der Waals surface area (Å²) in [4.78, 5) is 36.2. The van der Waals surface area contributed by atoms with Crippen molar-refractivity contribution >= 4 is 17.8 Å². The van der Waals surface area contributed by atoms with Crippen LogP contribution in [-0.2, 0) is 19.1 Å².